The molecule has 5 nitrogen and oxygen atoms in total. The molecule has 3 rings (SSSR count). The summed E-state index contributed by atoms with van der Waals surface area (Å²) < 4.78 is 0.763. The Morgan fingerprint density at radius 1 is 1.37 bits per heavy atom. The summed E-state index contributed by atoms with van der Waals surface area (Å²) in [6, 6.07) is 5.02. The molecule has 0 unspecified atom stereocenters. The van der Waals surface area contributed by atoms with Crippen molar-refractivity contribution in [3.8, 4) is 5.75 Å². The van der Waals surface area contributed by atoms with Gasteiger partial charge in [-0.15, -0.1) is 11.3 Å². The number of fused-ring (bicyclic) bond motifs is 1. The lowest BCUT2D eigenvalue weighted by Crippen LogP contribution is -1.90. The van der Waals surface area contributed by atoms with Gasteiger partial charge >= 0.3 is 5.97 Å². The number of aromatic nitrogens is 2. The zero-order valence-corrected chi connectivity index (χ0v) is 10.6. The Morgan fingerprint density at radius 2 is 2.21 bits per heavy atom. The van der Waals surface area contributed by atoms with Gasteiger partial charge in [-0.2, -0.15) is 0 Å². The van der Waals surface area contributed by atoms with Crippen molar-refractivity contribution in [2.45, 2.75) is 6.42 Å². The van der Waals surface area contributed by atoms with Crippen LogP contribution in [0.2, 0.25) is 0 Å². The summed E-state index contributed by atoms with van der Waals surface area (Å²) in [5, 5.41) is 19.5. The highest BCUT2D eigenvalue weighted by Gasteiger charge is 2.12. The fourth-order valence-electron chi connectivity index (χ4n) is 1.97. The van der Waals surface area contributed by atoms with E-state index in [0.29, 0.717) is 11.8 Å². The van der Waals surface area contributed by atoms with Crippen LogP contribution in [0.25, 0.3) is 10.1 Å². The van der Waals surface area contributed by atoms with Crippen molar-refractivity contribution in [1.82, 2.24) is 9.97 Å². The smallest absolute Gasteiger partial charge is 0.345 e. The maximum Gasteiger partial charge on any atom is 0.345 e. The summed E-state index contributed by atoms with van der Waals surface area (Å²) in [6.45, 7) is 0. The van der Waals surface area contributed by atoms with Crippen molar-refractivity contribution in [1.29, 1.82) is 0 Å². The lowest BCUT2D eigenvalue weighted by Gasteiger charge is -2.01. The molecule has 0 saturated carbocycles. The largest absolute Gasteiger partial charge is 0.507 e. The van der Waals surface area contributed by atoms with Crippen LogP contribution >= 0.6 is 11.3 Å². The third-order valence-electron chi connectivity index (χ3n) is 2.81. The van der Waals surface area contributed by atoms with E-state index >= 15 is 0 Å². The zero-order chi connectivity index (χ0) is 13.4. The second-order valence-corrected chi connectivity index (χ2v) is 5.24. The number of thiophene rings is 1. The number of nitrogens with one attached hydrogen (secondary N) is 1. The van der Waals surface area contributed by atoms with Crippen LogP contribution in [0.1, 0.15) is 21.1 Å². The maximum atomic E-state index is 10.9. The van der Waals surface area contributed by atoms with Gasteiger partial charge in [-0.1, -0.05) is 0 Å². The normalized spacial score (nSPS) is 10.9. The number of aromatic hydroxyl groups is 1. The number of imidazole rings is 1. The fraction of sp³-hybridized carbons (Fsp3) is 0.0769. The molecule has 96 valence electrons. The number of rotatable bonds is 3. The highest BCUT2D eigenvalue weighted by molar-refractivity contribution is 7.20. The monoisotopic (exact) mass is 274 g/mol. The summed E-state index contributed by atoms with van der Waals surface area (Å²) in [6.07, 6.45) is 3.97. The molecular formula is C13H10N2O3S. The van der Waals surface area contributed by atoms with E-state index in [4.69, 9.17) is 5.11 Å². The highest BCUT2D eigenvalue weighted by Crippen LogP contribution is 2.34. The highest BCUT2D eigenvalue weighted by atomic mass is 32.1. The van der Waals surface area contributed by atoms with Gasteiger partial charge in [0.15, 0.2) is 0 Å². The molecular weight excluding hydrogens is 264 g/mol. The van der Waals surface area contributed by atoms with Crippen molar-refractivity contribution in [3.05, 3.63) is 46.9 Å². The van der Waals surface area contributed by atoms with Gasteiger partial charge in [0.05, 0.1) is 0 Å². The van der Waals surface area contributed by atoms with E-state index in [9.17, 15) is 9.90 Å². The van der Waals surface area contributed by atoms with Crippen molar-refractivity contribution in [2.24, 2.45) is 0 Å². The molecule has 3 N–H and O–H groups in total. The van der Waals surface area contributed by atoms with Crippen molar-refractivity contribution in [2.75, 3.05) is 0 Å². The minimum absolute atomic E-state index is 0.0998. The van der Waals surface area contributed by atoms with Crippen molar-refractivity contribution >= 4 is 27.4 Å². The number of phenolic OH excluding ortho intramolecular Hbond substituents is 1. The van der Waals surface area contributed by atoms with Crippen molar-refractivity contribution in [3.63, 3.8) is 0 Å². The van der Waals surface area contributed by atoms with E-state index in [1.165, 1.54) is 6.07 Å². The van der Waals surface area contributed by atoms with E-state index in [2.05, 4.69) is 9.97 Å². The molecule has 6 heteroatoms. The minimum Gasteiger partial charge on any atom is -0.507 e. The van der Waals surface area contributed by atoms with E-state index in [1.807, 2.05) is 6.07 Å². The molecule has 0 radical (unpaired) electrons. The summed E-state index contributed by atoms with van der Waals surface area (Å²) >= 11 is 1.16. The Kier molecular flexibility index (Phi) is 2.72. The first-order valence-electron chi connectivity index (χ1n) is 5.60. The van der Waals surface area contributed by atoms with Gasteiger partial charge < -0.3 is 15.2 Å². The quantitative estimate of drug-likeness (QED) is 0.685. The molecule has 0 spiro atoms. The first kappa shape index (κ1) is 11.7. The molecule has 0 aliphatic heterocycles. The number of benzene rings is 1. The fourth-order valence-corrected chi connectivity index (χ4v) is 2.96. The second kappa shape index (κ2) is 4.40. The first-order chi connectivity index (χ1) is 9.13. The molecule has 0 amide bonds. The molecule has 0 bridgehead atoms. The number of phenols is 1. The van der Waals surface area contributed by atoms with Gasteiger partial charge in [-0.3, -0.25) is 0 Å². The van der Waals surface area contributed by atoms with E-state index in [-0.39, 0.29) is 10.6 Å². The lowest BCUT2D eigenvalue weighted by atomic mass is 10.1. The van der Waals surface area contributed by atoms with Crippen LogP contribution in [0, 0.1) is 0 Å². The Balaban J connectivity index is 2.05. The number of hydrogen-bond acceptors (Lipinski definition) is 4. The van der Waals surface area contributed by atoms with E-state index in [0.717, 1.165) is 27.4 Å². The number of aromatic carboxylic acids is 1. The summed E-state index contributed by atoms with van der Waals surface area (Å²) in [5.41, 5.74) is 0.888. The molecule has 2 heterocycles. The number of carbonyl (C=O) groups is 1. The van der Waals surface area contributed by atoms with Crippen LogP contribution in [0.3, 0.4) is 0 Å². The number of nitrogens with zero attached hydrogens (tertiary/aromatic N) is 1. The summed E-state index contributed by atoms with van der Waals surface area (Å²) in [7, 11) is 0. The van der Waals surface area contributed by atoms with Crippen molar-refractivity contribution < 1.29 is 15.0 Å². The molecule has 1 aromatic carbocycles. The minimum atomic E-state index is -0.979. The maximum absolute atomic E-state index is 10.9. The SMILES string of the molecule is O=C(O)c1cc2c(O)cc(Cc3ncc[nH]3)cc2s1. The summed E-state index contributed by atoms with van der Waals surface area (Å²) in [4.78, 5) is 18.3. The molecule has 0 atom stereocenters. The van der Waals surface area contributed by atoms with Gasteiger partial charge in [-0.05, 0) is 23.8 Å². The van der Waals surface area contributed by atoms with Crippen LogP contribution in [-0.4, -0.2) is 26.2 Å². The van der Waals surface area contributed by atoms with Gasteiger partial charge in [-0.25, -0.2) is 9.78 Å². The van der Waals surface area contributed by atoms with E-state index < -0.39 is 5.97 Å². The standard InChI is InChI=1S/C13H10N2O3S/c16-9-3-7(5-12-14-1-2-15-12)4-10-8(9)6-11(19-10)13(17)18/h1-4,6,16H,5H2,(H,14,15)(H,17,18). The predicted octanol–water partition coefficient (Wildman–Crippen LogP) is 2.62. The lowest BCUT2D eigenvalue weighted by molar-refractivity contribution is 0.0702. The molecule has 0 fully saturated rings. The molecule has 0 saturated heterocycles. The molecule has 0 aliphatic rings. The number of hydrogen-bond donors (Lipinski definition) is 3. The topological polar surface area (TPSA) is 86.2 Å². The predicted molar refractivity (Wildman–Crippen MR) is 71.8 cm³/mol. The van der Waals surface area contributed by atoms with Gasteiger partial charge in [0, 0.05) is 28.9 Å². The number of carboxylic acids is 1. The van der Waals surface area contributed by atoms with Gasteiger partial charge in [0.25, 0.3) is 0 Å². The zero-order valence-electron chi connectivity index (χ0n) is 9.75. The third-order valence-corrected chi connectivity index (χ3v) is 3.88. The van der Waals surface area contributed by atoms with Gasteiger partial charge in [0.1, 0.15) is 16.5 Å². The molecule has 3 aromatic rings. The summed E-state index contributed by atoms with van der Waals surface area (Å²) in [5.74, 6) is -0.0789. The Labute approximate surface area is 112 Å². The van der Waals surface area contributed by atoms with Crippen LogP contribution in [0.15, 0.2) is 30.6 Å². The van der Waals surface area contributed by atoms with E-state index in [1.54, 1.807) is 18.5 Å². The Hall–Kier alpha value is -2.34. The Morgan fingerprint density at radius 3 is 2.89 bits per heavy atom. The molecule has 19 heavy (non-hydrogen) atoms. The number of aromatic amines is 1. The number of carboxylic acid groups (broad SMARTS) is 1. The van der Waals surface area contributed by atoms with Crippen LogP contribution in [-0.2, 0) is 6.42 Å². The van der Waals surface area contributed by atoms with Crippen LogP contribution < -0.4 is 0 Å². The van der Waals surface area contributed by atoms with Crippen LogP contribution in [0.4, 0.5) is 0 Å². The first-order valence-corrected chi connectivity index (χ1v) is 6.42. The molecule has 0 aliphatic carbocycles. The molecule has 2 aromatic heterocycles. The van der Waals surface area contributed by atoms with Gasteiger partial charge in [0.2, 0.25) is 0 Å². The van der Waals surface area contributed by atoms with Crippen LogP contribution in [0.5, 0.6) is 5.75 Å². The third kappa shape index (κ3) is 2.17. The second-order valence-electron chi connectivity index (χ2n) is 4.16. The Bertz CT molecular complexity index is 747. The average Bonchev–Trinajstić information content (AvgIpc) is 2.97. The average molecular weight is 274 g/mol. The number of H-pyrrole nitrogens is 1.